The summed E-state index contributed by atoms with van der Waals surface area (Å²) in [5.74, 6) is -0.416. The van der Waals surface area contributed by atoms with Gasteiger partial charge < -0.3 is 21.1 Å². The largest absolute Gasteiger partial charge is 0.504 e. The minimum atomic E-state index is -0.517. The molecule has 1 rings (SSSR count). The highest BCUT2D eigenvalue weighted by molar-refractivity contribution is 5.41. The molecular formula is C8H11NO3. The molecule has 0 aliphatic carbocycles. The highest BCUT2D eigenvalue weighted by Crippen LogP contribution is 2.26. The number of aromatic hydroxyl groups is 2. The van der Waals surface area contributed by atoms with Crippen LogP contribution in [0, 0.1) is 0 Å². The van der Waals surface area contributed by atoms with Crippen LogP contribution < -0.4 is 5.73 Å². The Morgan fingerprint density at radius 2 is 1.92 bits per heavy atom. The van der Waals surface area contributed by atoms with Crippen LogP contribution in [0.3, 0.4) is 0 Å². The smallest absolute Gasteiger partial charge is 0.157 e. The van der Waals surface area contributed by atoms with Crippen molar-refractivity contribution in [3.8, 4) is 11.5 Å². The third-order valence-electron chi connectivity index (χ3n) is 1.62. The molecule has 0 bridgehead atoms. The van der Waals surface area contributed by atoms with Gasteiger partial charge in [0.15, 0.2) is 11.5 Å². The van der Waals surface area contributed by atoms with Crippen molar-refractivity contribution in [1.29, 1.82) is 0 Å². The zero-order chi connectivity index (χ0) is 9.14. The molecule has 0 aliphatic heterocycles. The van der Waals surface area contributed by atoms with Crippen LogP contribution in [0.15, 0.2) is 18.2 Å². The molecule has 0 saturated heterocycles. The second-order valence-corrected chi connectivity index (χ2v) is 2.54. The summed E-state index contributed by atoms with van der Waals surface area (Å²) in [7, 11) is 0. The molecule has 4 nitrogen and oxygen atoms in total. The van der Waals surface area contributed by atoms with Gasteiger partial charge in [-0.1, -0.05) is 6.07 Å². The van der Waals surface area contributed by atoms with Crippen LogP contribution in [0.5, 0.6) is 11.5 Å². The first-order chi connectivity index (χ1) is 5.65. The third-order valence-corrected chi connectivity index (χ3v) is 1.62. The summed E-state index contributed by atoms with van der Waals surface area (Å²) in [6.07, 6.45) is 0. The minimum absolute atomic E-state index is 0.190. The van der Waals surface area contributed by atoms with Crippen molar-refractivity contribution >= 4 is 0 Å². The topological polar surface area (TPSA) is 86.7 Å². The van der Waals surface area contributed by atoms with E-state index in [1.807, 2.05) is 0 Å². The Morgan fingerprint density at radius 3 is 2.42 bits per heavy atom. The van der Waals surface area contributed by atoms with Gasteiger partial charge in [-0.3, -0.25) is 0 Å². The van der Waals surface area contributed by atoms with Crippen molar-refractivity contribution in [3.05, 3.63) is 23.8 Å². The van der Waals surface area contributed by atoms with E-state index in [4.69, 9.17) is 21.1 Å². The van der Waals surface area contributed by atoms with Crippen molar-refractivity contribution in [1.82, 2.24) is 0 Å². The lowest BCUT2D eigenvalue weighted by atomic mass is 10.1. The van der Waals surface area contributed by atoms with Gasteiger partial charge in [-0.2, -0.15) is 0 Å². The van der Waals surface area contributed by atoms with Gasteiger partial charge in [0.25, 0.3) is 0 Å². The maximum absolute atomic E-state index is 9.06. The first kappa shape index (κ1) is 8.83. The fourth-order valence-corrected chi connectivity index (χ4v) is 0.877. The number of phenols is 2. The highest BCUT2D eigenvalue weighted by atomic mass is 16.3. The van der Waals surface area contributed by atoms with E-state index in [2.05, 4.69) is 0 Å². The average molecular weight is 169 g/mol. The molecule has 0 amide bonds. The molecule has 0 aromatic heterocycles. The maximum Gasteiger partial charge on any atom is 0.157 e. The Labute approximate surface area is 69.9 Å². The molecule has 4 heteroatoms. The molecule has 1 atom stereocenters. The van der Waals surface area contributed by atoms with E-state index in [1.54, 1.807) is 6.07 Å². The molecule has 0 aliphatic rings. The van der Waals surface area contributed by atoms with E-state index >= 15 is 0 Å². The Bertz CT molecular complexity index is 275. The molecule has 1 aromatic carbocycles. The summed E-state index contributed by atoms with van der Waals surface area (Å²) in [5.41, 5.74) is 6.06. The van der Waals surface area contributed by atoms with Crippen LogP contribution in [0.1, 0.15) is 11.6 Å². The molecular weight excluding hydrogens is 158 g/mol. The molecule has 5 N–H and O–H groups in total. The van der Waals surface area contributed by atoms with Crippen LogP contribution >= 0.6 is 0 Å². The number of hydrogen-bond acceptors (Lipinski definition) is 4. The number of nitrogens with two attached hydrogens (primary N) is 1. The van der Waals surface area contributed by atoms with Gasteiger partial charge >= 0.3 is 0 Å². The number of hydrogen-bond donors (Lipinski definition) is 4. The number of rotatable bonds is 2. The van der Waals surface area contributed by atoms with Crippen molar-refractivity contribution in [2.75, 3.05) is 6.61 Å². The predicted molar refractivity (Wildman–Crippen MR) is 43.8 cm³/mol. The Kier molecular flexibility index (Phi) is 2.52. The number of benzene rings is 1. The molecule has 0 spiro atoms. The van der Waals surface area contributed by atoms with E-state index in [9.17, 15) is 0 Å². The zero-order valence-corrected chi connectivity index (χ0v) is 6.44. The highest BCUT2D eigenvalue weighted by Gasteiger charge is 2.06. The van der Waals surface area contributed by atoms with E-state index in [0.29, 0.717) is 5.56 Å². The molecule has 0 saturated carbocycles. The number of aliphatic hydroxyl groups is 1. The summed E-state index contributed by atoms with van der Waals surface area (Å²) >= 11 is 0. The number of aliphatic hydroxyl groups excluding tert-OH is 1. The lowest BCUT2D eigenvalue weighted by Gasteiger charge is -2.08. The van der Waals surface area contributed by atoms with Crippen molar-refractivity contribution < 1.29 is 15.3 Å². The molecule has 0 unspecified atom stereocenters. The second kappa shape index (κ2) is 3.42. The SMILES string of the molecule is N[C@H](CO)c1ccc(O)c(O)c1. The first-order valence-corrected chi connectivity index (χ1v) is 3.53. The molecule has 0 radical (unpaired) electrons. The molecule has 0 heterocycles. The van der Waals surface area contributed by atoms with Crippen LogP contribution in [0.2, 0.25) is 0 Å². The third kappa shape index (κ3) is 1.66. The van der Waals surface area contributed by atoms with Crippen LogP contribution in [-0.2, 0) is 0 Å². The normalized spacial score (nSPS) is 12.8. The Balaban J connectivity index is 2.96. The van der Waals surface area contributed by atoms with E-state index in [0.717, 1.165) is 0 Å². The summed E-state index contributed by atoms with van der Waals surface area (Å²) in [5, 5.41) is 26.7. The fraction of sp³-hybridized carbons (Fsp3) is 0.250. The van der Waals surface area contributed by atoms with Gasteiger partial charge in [-0.15, -0.1) is 0 Å². The molecule has 0 fully saturated rings. The van der Waals surface area contributed by atoms with Gasteiger partial charge in [-0.25, -0.2) is 0 Å². The van der Waals surface area contributed by atoms with Crippen LogP contribution in [-0.4, -0.2) is 21.9 Å². The monoisotopic (exact) mass is 169 g/mol. The lowest BCUT2D eigenvalue weighted by molar-refractivity contribution is 0.267. The maximum atomic E-state index is 9.06. The molecule has 12 heavy (non-hydrogen) atoms. The van der Waals surface area contributed by atoms with Crippen molar-refractivity contribution in [3.63, 3.8) is 0 Å². The van der Waals surface area contributed by atoms with Crippen LogP contribution in [0.25, 0.3) is 0 Å². The Hall–Kier alpha value is -1.26. The average Bonchev–Trinajstić information content (AvgIpc) is 2.08. The fourth-order valence-electron chi connectivity index (χ4n) is 0.877. The number of phenolic OH excluding ortho intramolecular Hbond substituents is 2. The van der Waals surface area contributed by atoms with Gasteiger partial charge in [0.05, 0.1) is 12.6 Å². The summed E-state index contributed by atoms with van der Waals surface area (Å²) in [6.45, 7) is -0.190. The summed E-state index contributed by atoms with van der Waals surface area (Å²) in [6, 6.07) is 3.70. The summed E-state index contributed by atoms with van der Waals surface area (Å²) in [4.78, 5) is 0. The molecule has 1 aromatic rings. The lowest BCUT2D eigenvalue weighted by Crippen LogP contribution is -2.13. The standard InChI is InChI=1S/C8H11NO3/c9-6(4-10)5-1-2-7(11)8(12)3-5/h1-3,6,10-12H,4,9H2/t6-/m1/s1. The van der Waals surface area contributed by atoms with Crippen molar-refractivity contribution in [2.45, 2.75) is 6.04 Å². The van der Waals surface area contributed by atoms with Crippen molar-refractivity contribution in [2.24, 2.45) is 5.73 Å². The van der Waals surface area contributed by atoms with E-state index in [-0.39, 0.29) is 18.1 Å². The minimum Gasteiger partial charge on any atom is -0.504 e. The summed E-state index contributed by atoms with van der Waals surface area (Å²) < 4.78 is 0. The first-order valence-electron chi connectivity index (χ1n) is 3.53. The Morgan fingerprint density at radius 1 is 1.25 bits per heavy atom. The van der Waals surface area contributed by atoms with Crippen LogP contribution in [0.4, 0.5) is 0 Å². The van der Waals surface area contributed by atoms with E-state index < -0.39 is 6.04 Å². The second-order valence-electron chi connectivity index (χ2n) is 2.54. The zero-order valence-electron chi connectivity index (χ0n) is 6.44. The predicted octanol–water partition coefficient (Wildman–Crippen LogP) is 0.0899. The van der Waals surface area contributed by atoms with Gasteiger partial charge in [0.2, 0.25) is 0 Å². The van der Waals surface area contributed by atoms with E-state index in [1.165, 1.54) is 12.1 Å². The molecule has 66 valence electrons. The van der Waals surface area contributed by atoms with Gasteiger partial charge in [-0.05, 0) is 17.7 Å². The van der Waals surface area contributed by atoms with Gasteiger partial charge in [0.1, 0.15) is 0 Å². The quantitative estimate of drug-likeness (QED) is 0.472. The van der Waals surface area contributed by atoms with Gasteiger partial charge in [0, 0.05) is 0 Å².